The molecule has 1 N–H and O–H groups in total. The van der Waals surface area contributed by atoms with E-state index in [9.17, 15) is 0 Å². The zero-order chi connectivity index (χ0) is 10.5. The Labute approximate surface area is 96.3 Å². The lowest BCUT2D eigenvalue weighted by Crippen LogP contribution is -2.03. The van der Waals surface area contributed by atoms with E-state index in [1.807, 2.05) is 19.2 Å². The molecule has 0 aliphatic carbocycles. The highest BCUT2D eigenvalue weighted by Gasteiger charge is 2.03. The fourth-order valence-corrected chi connectivity index (χ4v) is 2.47. The third kappa shape index (κ3) is 3.05. The average molecular weight is 241 g/mol. The van der Waals surface area contributed by atoms with Gasteiger partial charge in [0.25, 0.3) is 0 Å². The van der Waals surface area contributed by atoms with Gasteiger partial charge in [-0.25, -0.2) is 4.98 Å². The largest absolute Gasteiger partial charge is 0.464 e. The van der Waals surface area contributed by atoms with Crippen molar-refractivity contribution < 1.29 is 4.42 Å². The van der Waals surface area contributed by atoms with Gasteiger partial charge in [-0.3, -0.25) is 0 Å². The molecule has 0 bridgehead atoms. The Bertz CT molecular complexity index is 399. The highest BCUT2D eigenvalue weighted by molar-refractivity contribution is 8.00. The first-order valence-corrected chi connectivity index (χ1v) is 6.26. The number of rotatable bonds is 5. The summed E-state index contributed by atoms with van der Waals surface area (Å²) in [6, 6.07) is 3.99. The highest BCUT2D eigenvalue weighted by Crippen LogP contribution is 2.23. The second-order valence-electron chi connectivity index (χ2n) is 2.89. The fraction of sp³-hybridized carbons (Fsp3) is 0.333. The van der Waals surface area contributed by atoms with Crippen molar-refractivity contribution in [1.82, 2.24) is 14.7 Å². The number of aromatic nitrogens is 2. The monoisotopic (exact) mass is 241 g/mol. The Morgan fingerprint density at radius 1 is 1.47 bits per heavy atom. The molecule has 80 valence electrons. The summed E-state index contributed by atoms with van der Waals surface area (Å²) in [6.07, 6.45) is 1.57. The second-order valence-corrected chi connectivity index (χ2v) is 4.90. The van der Waals surface area contributed by atoms with Gasteiger partial charge in [0.15, 0.2) is 4.34 Å². The van der Waals surface area contributed by atoms with E-state index in [4.69, 9.17) is 4.42 Å². The first-order valence-electron chi connectivity index (χ1n) is 4.50. The van der Waals surface area contributed by atoms with Crippen molar-refractivity contribution in [2.75, 3.05) is 7.05 Å². The number of hydrogen-bond donors (Lipinski definition) is 1. The van der Waals surface area contributed by atoms with Crippen molar-refractivity contribution in [2.24, 2.45) is 0 Å². The summed E-state index contributed by atoms with van der Waals surface area (Å²) in [6.45, 7) is 0.767. The lowest BCUT2D eigenvalue weighted by atomic mass is 10.4. The SMILES string of the molecule is CNCc1ccc(CSc2ncns2)o1. The van der Waals surface area contributed by atoms with Crippen molar-refractivity contribution in [3.63, 3.8) is 0 Å². The smallest absolute Gasteiger partial charge is 0.170 e. The van der Waals surface area contributed by atoms with Crippen LogP contribution in [0.3, 0.4) is 0 Å². The van der Waals surface area contributed by atoms with Crippen LogP contribution in [-0.4, -0.2) is 16.4 Å². The second kappa shape index (κ2) is 5.29. The van der Waals surface area contributed by atoms with Crippen LogP contribution < -0.4 is 5.32 Å². The number of thioether (sulfide) groups is 1. The predicted molar refractivity (Wildman–Crippen MR) is 60.9 cm³/mol. The molecule has 0 atom stereocenters. The highest BCUT2D eigenvalue weighted by atomic mass is 32.2. The lowest BCUT2D eigenvalue weighted by molar-refractivity contribution is 0.469. The molecule has 0 fully saturated rings. The van der Waals surface area contributed by atoms with Gasteiger partial charge in [-0.15, -0.1) is 0 Å². The van der Waals surface area contributed by atoms with Gasteiger partial charge in [0, 0.05) is 0 Å². The quantitative estimate of drug-likeness (QED) is 0.813. The fourth-order valence-electron chi connectivity index (χ4n) is 1.13. The van der Waals surface area contributed by atoms with E-state index >= 15 is 0 Å². The van der Waals surface area contributed by atoms with Crippen LogP contribution in [0.1, 0.15) is 11.5 Å². The van der Waals surface area contributed by atoms with Gasteiger partial charge in [0.2, 0.25) is 0 Å². The molecule has 15 heavy (non-hydrogen) atoms. The molecule has 0 radical (unpaired) electrons. The molecule has 0 aliphatic rings. The maximum atomic E-state index is 5.60. The minimum atomic E-state index is 0.767. The Morgan fingerprint density at radius 3 is 3.07 bits per heavy atom. The molecule has 0 spiro atoms. The standard InChI is InChI=1S/C9H11N3OS2/c1-10-4-7-2-3-8(13-7)5-14-9-11-6-12-15-9/h2-3,6,10H,4-5H2,1H3. The van der Waals surface area contributed by atoms with Gasteiger partial charge in [-0.1, -0.05) is 11.8 Å². The summed E-state index contributed by atoms with van der Waals surface area (Å²) >= 11 is 3.05. The van der Waals surface area contributed by atoms with Crippen LogP contribution in [0.5, 0.6) is 0 Å². The zero-order valence-electron chi connectivity index (χ0n) is 8.27. The molecule has 4 nitrogen and oxygen atoms in total. The predicted octanol–water partition coefficient (Wildman–Crippen LogP) is 2.14. The molecular weight excluding hydrogens is 230 g/mol. The van der Waals surface area contributed by atoms with Crippen LogP contribution in [0.4, 0.5) is 0 Å². The number of nitrogens with zero attached hydrogens (tertiary/aromatic N) is 2. The van der Waals surface area contributed by atoms with E-state index in [1.54, 1.807) is 18.1 Å². The molecule has 2 rings (SSSR count). The van der Waals surface area contributed by atoms with E-state index in [2.05, 4.69) is 14.7 Å². The molecule has 0 aliphatic heterocycles. The molecule has 2 aromatic heterocycles. The van der Waals surface area contributed by atoms with E-state index in [1.165, 1.54) is 11.5 Å². The van der Waals surface area contributed by atoms with E-state index in [-0.39, 0.29) is 0 Å². The maximum absolute atomic E-state index is 5.60. The summed E-state index contributed by atoms with van der Waals surface area (Å²) < 4.78 is 10.5. The molecule has 0 saturated heterocycles. The topological polar surface area (TPSA) is 51.0 Å². The number of furan rings is 1. The van der Waals surface area contributed by atoms with Gasteiger partial charge in [-0.05, 0) is 30.7 Å². The Morgan fingerprint density at radius 2 is 2.33 bits per heavy atom. The van der Waals surface area contributed by atoms with Gasteiger partial charge >= 0.3 is 0 Å². The Hall–Kier alpha value is -0.850. The van der Waals surface area contributed by atoms with Crippen LogP contribution in [0.15, 0.2) is 27.2 Å². The maximum Gasteiger partial charge on any atom is 0.170 e. The molecule has 0 unspecified atom stereocenters. The normalized spacial score (nSPS) is 10.7. The van der Waals surface area contributed by atoms with E-state index < -0.39 is 0 Å². The number of hydrogen-bond acceptors (Lipinski definition) is 6. The Kier molecular flexibility index (Phi) is 3.76. The van der Waals surface area contributed by atoms with E-state index in [0.717, 1.165) is 28.2 Å². The first kappa shape index (κ1) is 10.7. The minimum Gasteiger partial charge on any atom is -0.464 e. The third-order valence-corrected chi connectivity index (χ3v) is 3.57. The van der Waals surface area contributed by atoms with Crippen LogP contribution in [0.2, 0.25) is 0 Å². The zero-order valence-corrected chi connectivity index (χ0v) is 9.90. The van der Waals surface area contributed by atoms with E-state index in [0.29, 0.717) is 0 Å². The third-order valence-electron chi connectivity index (χ3n) is 1.75. The Balaban J connectivity index is 1.88. The summed E-state index contributed by atoms with van der Waals surface area (Å²) in [5, 5.41) is 3.05. The van der Waals surface area contributed by atoms with Crippen molar-refractivity contribution in [3.8, 4) is 0 Å². The number of nitrogens with one attached hydrogen (secondary N) is 1. The summed E-state index contributed by atoms with van der Waals surface area (Å²) in [5.74, 6) is 2.74. The molecule has 6 heteroatoms. The van der Waals surface area contributed by atoms with Gasteiger partial charge in [-0.2, -0.15) is 4.37 Å². The first-order chi connectivity index (χ1) is 7.38. The molecule has 0 saturated carbocycles. The molecule has 0 aromatic carbocycles. The van der Waals surface area contributed by atoms with Crippen molar-refractivity contribution in [1.29, 1.82) is 0 Å². The summed E-state index contributed by atoms with van der Waals surface area (Å²) in [7, 11) is 1.90. The van der Waals surface area contributed by atoms with Crippen molar-refractivity contribution >= 4 is 23.3 Å². The molecule has 0 amide bonds. The summed E-state index contributed by atoms with van der Waals surface area (Å²) in [5.41, 5.74) is 0. The van der Waals surface area contributed by atoms with Gasteiger partial charge < -0.3 is 9.73 Å². The van der Waals surface area contributed by atoms with Gasteiger partial charge in [0.05, 0.1) is 12.3 Å². The summed E-state index contributed by atoms with van der Waals surface area (Å²) in [4.78, 5) is 4.09. The molecular formula is C9H11N3OS2. The van der Waals surface area contributed by atoms with Gasteiger partial charge in [0.1, 0.15) is 17.8 Å². The van der Waals surface area contributed by atoms with Crippen molar-refractivity contribution in [3.05, 3.63) is 30.0 Å². The average Bonchev–Trinajstić information content (AvgIpc) is 2.85. The lowest BCUT2D eigenvalue weighted by Gasteiger charge is -1.94. The molecule has 2 aromatic rings. The molecule has 2 heterocycles. The van der Waals surface area contributed by atoms with Crippen molar-refractivity contribution in [2.45, 2.75) is 16.6 Å². The van der Waals surface area contributed by atoms with Crippen LogP contribution in [0.25, 0.3) is 0 Å². The van der Waals surface area contributed by atoms with Crippen LogP contribution in [-0.2, 0) is 12.3 Å². The van der Waals surface area contributed by atoms with Crippen LogP contribution in [0, 0.1) is 0 Å². The van der Waals surface area contributed by atoms with Crippen LogP contribution >= 0.6 is 23.3 Å². The minimum absolute atomic E-state index is 0.767.